The van der Waals surface area contributed by atoms with Crippen LogP contribution in [0.5, 0.6) is 0 Å². The molecule has 1 aliphatic rings. The summed E-state index contributed by atoms with van der Waals surface area (Å²) in [6.45, 7) is 0.830. The summed E-state index contributed by atoms with van der Waals surface area (Å²) >= 11 is 2.04. The van der Waals surface area contributed by atoms with Crippen molar-refractivity contribution in [3.63, 3.8) is 0 Å². The second-order valence-electron chi connectivity index (χ2n) is 4.13. The van der Waals surface area contributed by atoms with E-state index in [0.29, 0.717) is 5.69 Å². The Morgan fingerprint density at radius 2 is 2.22 bits per heavy atom. The Kier molecular flexibility index (Phi) is 4.18. The quantitative estimate of drug-likeness (QED) is 0.717. The molecule has 1 aliphatic heterocycles. The summed E-state index contributed by atoms with van der Waals surface area (Å²) in [5, 5.41) is 14.8. The number of halogens is 1. The van der Waals surface area contributed by atoms with Crippen LogP contribution in [0.25, 0.3) is 0 Å². The fourth-order valence-electron chi connectivity index (χ4n) is 1.93. The zero-order valence-corrected chi connectivity index (χ0v) is 11.7. The first-order valence-corrected chi connectivity index (χ1v) is 6.73. The zero-order chi connectivity index (χ0) is 13.1. The molecule has 0 radical (unpaired) electrons. The molecule has 96 valence electrons. The van der Waals surface area contributed by atoms with E-state index in [2.05, 4.69) is 10.6 Å². The Bertz CT molecular complexity index is 484. The molecule has 1 fully saturated rings. The Morgan fingerprint density at radius 3 is 2.83 bits per heavy atom. The predicted octanol–water partition coefficient (Wildman–Crippen LogP) is 1.68. The van der Waals surface area contributed by atoms with Gasteiger partial charge in [0, 0.05) is 3.57 Å². The monoisotopic (exact) mass is 360 g/mol. The lowest BCUT2D eigenvalue weighted by atomic mass is 10.1. The molecule has 6 heteroatoms. The van der Waals surface area contributed by atoms with Gasteiger partial charge in [0.05, 0.1) is 17.3 Å². The number of hydrogen-bond acceptors (Lipinski definition) is 3. The van der Waals surface area contributed by atoms with Gasteiger partial charge in [-0.15, -0.1) is 0 Å². The number of anilines is 1. The summed E-state index contributed by atoms with van der Waals surface area (Å²) in [6, 6.07) is 4.72. The number of carbonyl (C=O) groups excluding carboxylic acids is 1. The van der Waals surface area contributed by atoms with Crippen molar-refractivity contribution >= 4 is 40.2 Å². The molecule has 0 bridgehead atoms. The first kappa shape index (κ1) is 13.3. The molecule has 0 spiro atoms. The molecule has 18 heavy (non-hydrogen) atoms. The van der Waals surface area contributed by atoms with Gasteiger partial charge in [0.1, 0.15) is 0 Å². The summed E-state index contributed by atoms with van der Waals surface area (Å²) in [6.07, 6.45) is 1.76. The van der Waals surface area contributed by atoms with Gasteiger partial charge in [-0.25, -0.2) is 4.79 Å². The van der Waals surface area contributed by atoms with E-state index in [1.807, 2.05) is 22.6 Å². The van der Waals surface area contributed by atoms with E-state index in [-0.39, 0.29) is 17.5 Å². The fourth-order valence-corrected chi connectivity index (χ4v) is 2.42. The van der Waals surface area contributed by atoms with Crippen LogP contribution in [0.4, 0.5) is 5.69 Å². The van der Waals surface area contributed by atoms with Gasteiger partial charge in [-0.1, -0.05) is 0 Å². The molecule has 1 atom stereocenters. The third kappa shape index (κ3) is 2.99. The number of nitrogens with one attached hydrogen (secondary N) is 2. The first-order chi connectivity index (χ1) is 8.58. The van der Waals surface area contributed by atoms with Gasteiger partial charge in [-0.3, -0.25) is 4.79 Å². The maximum atomic E-state index is 11.9. The van der Waals surface area contributed by atoms with Crippen LogP contribution >= 0.6 is 22.6 Å². The maximum absolute atomic E-state index is 11.9. The molecule has 0 unspecified atom stereocenters. The molecule has 0 aliphatic carbocycles. The van der Waals surface area contributed by atoms with Crippen LogP contribution in [-0.4, -0.2) is 29.6 Å². The van der Waals surface area contributed by atoms with Crippen LogP contribution in [0.15, 0.2) is 18.2 Å². The molecule has 1 aromatic carbocycles. The smallest absolute Gasteiger partial charge is 0.337 e. The van der Waals surface area contributed by atoms with Crippen molar-refractivity contribution < 1.29 is 14.7 Å². The molecule has 2 rings (SSSR count). The highest BCUT2D eigenvalue weighted by atomic mass is 127. The van der Waals surface area contributed by atoms with Crippen molar-refractivity contribution in [1.29, 1.82) is 0 Å². The lowest BCUT2D eigenvalue weighted by Gasteiger charge is -2.13. The number of rotatable bonds is 3. The summed E-state index contributed by atoms with van der Waals surface area (Å²) in [7, 11) is 0. The molecule has 1 aromatic rings. The Labute approximate surface area is 118 Å². The van der Waals surface area contributed by atoms with E-state index in [1.165, 1.54) is 0 Å². The molecule has 1 saturated heterocycles. The van der Waals surface area contributed by atoms with Crippen molar-refractivity contribution in [2.24, 2.45) is 0 Å². The number of carbonyl (C=O) groups is 2. The van der Waals surface area contributed by atoms with Gasteiger partial charge in [-0.05, 0) is 60.2 Å². The van der Waals surface area contributed by atoms with Crippen LogP contribution in [-0.2, 0) is 4.79 Å². The summed E-state index contributed by atoms with van der Waals surface area (Å²) in [5.41, 5.74) is 0.467. The van der Waals surface area contributed by atoms with E-state index in [4.69, 9.17) is 5.11 Å². The minimum atomic E-state index is -1.04. The van der Waals surface area contributed by atoms with Crippen LogP contribution in [0.1, 0.15) is 23.2 Å². The molecule has 3 N–H and O–H groups in total. The molecule has 5 nitrogen and oxygen atoms in total. The van der Waals surface area contributed by atoms with Gasteiger partial charge < -0.3 is 15.7 Å². The largest absolute Gasteiger partial charge is 0.478 e. The van der Waals surface area contributed by atoms with E-state index < -0.39 is 5.97 Å². The molecule has 1 heterocycles. The van der Waals surface area contributed by atoms with Crippen molar-refractivity contribution in [2.45, 2.75) is 18.9 Å². The highest BCUT2D eigenvalue weighted by Crippen LogP contribution is 2.20. The standard InChI is InChI=1S/C12H13IN2O3/c13-7-3-4-9(8(6-7)12(17)18)15-11(16)10-2-1-5-14-10/h3-4,6,10,14H,1-2,5H2,(H,15,16)(H,17,18)/t10-/m0/s1. The van der Waals surface area contributed by atoms with Gasteiger partial charge in [0.25, 0.3) is 0 Å². The second-order valence-corrected chi connectivity index (χ2v) is 5.38. The maximum Gasteiger partial charge on any atom is 0.337 e. The SMILES string of the molecule is O=C(O)c1cc(I)ccc1NC(=O)[C@@H]1CCCN1. The normalized spacial score (nSPS) is 18.6. The Hall–Kier alpha value is -1.15. The van der Waals surface area contributed by atoms with Crippen molar-refractivity contribution in [2.75, 3.05) is 11.9 Å². The van der Waals surface area contributed by atoms with Gasteiger partial charge in [0.15, 0.2) is 0 Å². The zero-order valence-electron chi connectivity index (χ0n) is 9.57. The number of carboxylic acid groups (broad SMARTS) is 1. The van der Waals surface area contributed by atoms with E-state index >= 15 is 0 Å². The predicted molar refractivity (Wildman–Crippen MR) is 75.8 cm³/mol. The highest BCUT2D eigenvalue weighted by molar-refractivity contribution is 14.1. The van der Waals surface area contributed by atoms with Crippen molar-refractivity contribution in [3.8, 4) is 0 Å². The topological polar surface area (TPSA) is 78.4 Å². The second kappa shape index (κ2) is 5.66. The molecule has 1 amide bonds. The number of carboxylic acids is 1. The van der Waals surface area contributed by atoms with Crippen LogP contribution in [0, 0.1) is 3.57 Å². The number of amides is 1. The lowest BCUT2D eigenvalue weighted by molar-refractivity contribution is -0.117. The summed E-state index contributed by atoms with van der Waals surface area (Å²) in [5.74, 6) is -1.21. The average molecular weight is 360 g/mol. The van der Waals surface area contributed by atoms with Crippen molar-refractivity contribution in [1.82, 2.24) is 5.32 Å². The van der Waals surface area contributed by atoms with Gasteiger partial charge in [0.2, 0.25) is 5.91 Å². The van der Waals surface area contributed by atoms with Gasteiger partial charge >= 0.3 is 5.97 Å². The molecule has 0 saturated carbocycles. The minimum Gasteiger partial charge on any atom is -0.478 e. The third-order valence-electron chi connectivity index (χ3n) is 2.85. The van der Waals surface area contributed by atoms with Crippen LogP contribution < -0.4 is 10.6 Å². The lowest BCUT2D eigenvalue weighted by Crippen LogP contribution is -2.35. The number of hydrogen-bond donors (Lipinski definition) is 3. The molecule has 0 aromatic heterocycles. The highest BCUT2D eigenvalue weighted by Gasteiger charge is 2.23. The summed E-state index contributed by atoms with van der Waals surface area (Å²) in [4.78, 5) is 23.0. The van der Waals surface area contributed by atoms with Gasteiger partial charge in [-0.2, -0.15) is 0 Å². The first-order valence-electron chi connectivity index (χ1n) is 5.65. The number of benzene rings is 1. The number of aromatic carboxylic acids is 1. The van der Waals surface area contributed by atoms with E-state index in [1.54, 1.807) is 18.2 Å². The van der Waals surface area contributed by atoms with E-state index in [0.717, 1.165) is 23.0 Å². The Balaban J connectivity index is 2.17. The van der Waals surface area contributed by atoms with Crippen molar-refractivity contribution in [3.05, 3.63) is 27.3 Å². The molecular formula is C12H13IN2O3. The minimum absolute atomic E-state index is 0.119. The Morgan fingerprint density at radius 1 is 1.44 bits per heavy atom. The summed E-state index contributed by atoms with van der Waals surface area (Å²) < 4.78 is 0.821. The molecular weight excluding hydrogens is 347 g/mol. The van der Waals surface area contributed by atoms with Crippen LogP contribution in [0.3, 0.4) is 0 Å². The van der Waals surface area contributed by atoms with Crippen LogP contribution in [0.2, 0.25) is 0 Å². The fraction of sp³-hybridized carbons (Fsp3) is 0.333. The average Bonchev–Trinajstić information content (AvgIpc) is 2.84. The third-order valence-corrected chi connectivity index (χ3v) is 3.52. The van der Waals surface area contributed by atoms with E-state index in [9.17, 15) is 9.59 Å².